The van der Waals surface area contributed by atoms with E-state index in [9.17, 15) is 4.21 Å². The zero-order chi connectivity index (χ0) is 18.4. The van der Waals surface area contributed by atoms with Crippen LogP contribution < -0.4 is 15.5 Å². The summed E-state index contributed by atoms with van der Waals surface area (Å²) in [4.78, 5) is 6.70. The van der Waals surface area contributed by atoms with Gasteiger partial charge in [0.2, 0.25) is 0 Å². The van der Waals surface area contributed by atoms with Crippen LogP contribution in [0.5, 0.6) is 0 Å². The number of hydrogen-bond donors (Lipinski definition) is 2. The van der Waals surface area contributed by atoms with Gasteiger partial charge in [-0.3, -0.25) is 9.20 Å². The summed E-state index contributed by atoms with van der Waals surface area (Å²) in [6, 6.07) is 9.07. The summed E-state index contributed by atoms with van der Waals surface area (Å²) in [5.74, 6) is 1.42. The van der Waals surface area contributed by atoms with Crippen LogP contribution in [-0.2, 0) is 10.8 Å². The number of rotatable bonds is 5. The second-order valence-electron chi connectivity index (χ2n) is 7.57. The Balaban J connectivity index is 1.79. The van der Waals surface area contributed by atoms with Gasteiger partial charge in [-0.2, -0.15) is 0 Å². The van der Waals surface area contributed by atoms with E-state index < -0.39 is 10.8 Å². The topological polar surface area (TPSA) is 56.7 Å². The van der Waals surface area contributed by atoms with Crippen LogP contribution in [0.1, 0.15) is 32.8 Å². The lowest BCUT2D eigenvalue weighted by atomic mass is 10.2. The minimum absolute atomic E-state index is 0.168. The molecule has 0 radical (unpaired) electrons. The van der Waals surface area contributed by atoms with Crippen LogP contribution in [0.3, 0.4) is 0 Å². The van der Waals surface area contributed by atoms with Crippen LogP contribution in [-0.4, -0.2) is 53.4 Å². The van der Waals surface area contributed by atoms with Crippen molar-refractivity contribution in [2.75, 3.05) is 37.3 Å². The highest BCUT2D eigenvalue weighted by Gasteiger charge is 2.23. The molecule has 1 aromatic rings. The molecular weight excluding hydrogens is 332 g/mol. The van der Waals surface area contributed by atoms with Gasteiger partial charge in [0.1, 0.15) is 0 Å². The van der Waals surface area contributed by atoms with Gasteiger partial charge in [0.05, 0.1) is 0 Å². The summed E-state index contributed by atoms with van der Waals surface area (Å²) in [5.41, 5.74) is 2.56. The van der Waals surface area contributed by atoms with Crippen molar-refractivity contribution in [2.24, 2.45) is 4.99 Å². The number of nitrogens with zero attached hydrogens (tertiary/aromatic N) is 2. The summed E-state index contributed by atoms with van der Waals surface area (Å²) in [6.45, 7) is 10.8. The molecule has 6 heteroatoms. The highest BCUT2D eigenvalue weighted by atomic mass is 32.2. The highest BCUT2D eigenvalue weighted by molar-refractivity contribution is 7.86. The van der Waals surface area contributed by atoms with Crippen molar-refractivity contribution >= 4 is 22.4 Å². The van der Waals surface area contributed by atoms with Crippen molar-refractivity contribution in [1.29, 1.82) is 0 Å². The number of aliphatic imine (C=N–C) groups is 1. The predicted molar refractivity (Wildman–Crippen MR) is 109 cm³/mol. The van der Waals surface area contributed by atoms with Gasteiger partial charge in [0, 0.05) is 59.7 Å². The molecular formula is C19H32N4OS. The van der Waals surface area contributed by atoms with Crippen LogP contribution >= 0.6 is 0 Å². The maximum absolute atomic E-state index is 12.1. The molecule has 2 atom stereocenters. The Morgan fingerprint density at radius 1 is 1.32 bits per heavy atom. The summed E-state index contributed by atoms with van der Waals surface area (Å²) < 4.78 is 11.9. The van der Waals surface area contributed by atoms with E-state index in [1.54, 1.807) is 7.05 Å². The Labute approximate surface area is 154 Å². The first-order valence-electron chi connectivity index (χ1n) is 8.97. The van der Waals surface area contributed by atoms with E-state index in [0.717, 1.165) is 25.5 Å². The standard InChI is InChI=1S/C19H32N4OS/c1-15-6-8-17(9-7-15)23-12-10-16(14-23)22-18(20-5)21-11-13-25(24)19(2,3)4/h6-9,16H,10-14H2,1-5H3,(H2,20,21,22). The third-order valence-corrected chi connectivity index (χ3v) is 6.36. The normalized spacial score (nSPS) is 19.8. The molecule has 1 aliphatic heterocycles. The monoisotopic (exact) mass is 364 g/mol. The van der Waals surface area contributed by atoms with Crippen molar-refractivity contribution in [3.05, 3.63) is 29.8 Å². The van der Waals surface area contributed by atoms with Gasteiger partial charge in [-0.15, -0.1) is 0 Å². The Bertz CT molecular complexity index is 607. The summed E-state index contributed by atoms with van der Waals surface area (Å²) in [7, 11) is 0.935. The smallest absolute Gasteiger partial charge is 0.191 e. The molecule has 2 unspecified atom stereocenters. The van der Waals surface area contributed by atoms with Crippen LogP contribution in [0, 0.1) is 6.92 Å². The van der Waals surface area contributed by atoms with Crippen molar-refractivity contribution in [1.82, 2.24) is 10.6 Å². The minimum atomic E-state index is -0.846. The van der Waals surface area contributed by atoms with Crippen LogP contribution in [0.15, 0.2) is 29.3 Å². The average molecular weight is 365 g/mol. The summed E-state index contributed by atoms with van der Waals surface area (Å²) >= 11 is 0. The number of guanidine groups is 1. The number of benzene rings is 1. The molecule has 0 saturated carbocycles. The molecule has 1 aromatic carbocycles. The molecule has 1 fully saturated rings. The molecule has 140 valence electrons. The van der Waals surface area contributed by atoms with Crippen molar-refractivity contribution in [2.45, 2.75) is 44.9 Å². The molecule has 2 N–H and O–H groups in total. The molecule has 2 rings (SSSR count). The molecule has 5 nitrogen and oxygen atoms in total. The van der Waals surface area contributed by atoms with E-state index >= 15 is 0 Å². The number of hydrogen-bond acceptors (Lipinski definition) is 3. The fourth-order valence-corrected chi connectivity index (χ4v) is 3.72. The van der Waals surface area contributed by atoms with Crippen molar-refractivity contribution in [3.63, 3.8) is 0 Å². The van der Waals surface area contributed by atoms with E-state index in [-0.39, 0.29) is 4.75 Å². The predicted octanol–water partition coefficient (Wildman–Crippen LogP) is 2.29. The SMILES string of the molecule is CN=C(NCCS(=O)C(C)(C)C)NC1CCN(c2ccc(C)cc2)C1. The van der Waals surface area contributed by atoms with E-state index in [4.69, 9.17) is 0 Å². The van der Waals surface area contributed by atoms with Gasteiger partial charge in [0.15, 0.2) is 5.96 Å². The van der Waals surface area contributed by atoms with Crippen molar-refractivity contribution < 1.29 is 4.21 Å². The molecule has 0 bridgehead atoms. The van der Waals surface area contributed by atoms with Gasteiger partial charge < -0.3 is 15.5 Å². The third-order valence-electron chi connectivity index (χ3n) is 4.41. The lowest BCUT2D eigenvalue weighted by Crippen LogP contribution is -2.46. The summed E-state index contributed by atoms with van der Waals surface area (Å²) in [6.07, 6.45) is 1.09. The lowest BCUT2D eigenvalue weighted by molar-refractivity contribution is 0.641. The van der Waals surface area contributed by atoms with E-state index in [1.807, 2.05) is 20.8 Å². The first kappa shape index (κ1) is 19.8. The Morgan fingerprint density at radius 2 is 2.00 bits per heavy atom. The summed E-state index contributed by atoms with van der Waals surface area (Å²) in [5, 5.41) is 6.78. The molecule has 1 aliphatic rings. The van der Waals surface area contributed by atoms with E-state index in [1.165, 1.54) is 11.3 Å². The number of nitrogens with one attached hydrogen (secondary N) is 2. The lowest BCUT2D eigenvalue weighted by Gasteiger charge is -2.21. The first-order valence-corrected chi connectivity index (χ1v) is 10.3. The maximum Gasteiger partial charge on any atom is 0.191 e. The van der Waals surface area contributed by atoms with Gasteiger partial charge in [-0.05, 0) is 46.2 Å². The molecule has 0 amide bonds. The van der Waals surface area contributed by atoms with Gasteiger partial charge in [0.25, 0.3) is 0 Å². The number of anilines is 1. The largest absolute Gasteiger partial charge is 0.369 e. The van der Waals surface area contributed by atoms with Crippen LogP contribution in [0.4, 0.5) is 5.69 Å². The fourth-order valence-electron chi connectivity index (χ4n) is 2.82. The molecule has 0 aliphatic carbocycles. The Kier molecular flexibility index (Phi) is 6.87. The first-order chi connectivity index (χ1) is 11.8. The Morgan fingerprint density at radius 3 is 2.60 bits per heavy atom. The quantitative estimate of drug-likeness (QED) is 0.622. The van der Waals surface area contributed by atoms with Gasteiger partial charge in [-0.1, -0.05) is 17.7 Å². The molecule has 1 saturated heterocycles. The zero-order valence-corrected chi connectivity index (χ0v) is 16.9. The molecule has 0 aromatic heterocycles. The molecule has 1 heterocycles. The third kappa shape index (κ3) is 6.03. The van der Waals surface area contributed by atoms with Crippen LogP contribution in [0.2, 0.25) is 0 Å². The minimum Gasteiger partial charge on any atom is -0.369 e. The zero-order valence-electron chi connectivity index (χ0n) is 16.1. The average Bonchev–Trinajstić information content (AvgIpc) is 3.02. The van der Waals surface area contributed by atoms with Crippen LogP contribution in [0.25, 0.3) is 0 Å². The van der Waals surface area contributed by atoms with Crippen molar-refractivity contribution in [3.8, 4) is 0 Å². The van der Waals surface area contributed by atoms with Gasteiger partial charge in [-0.25, -0.2) is 0 Å². The Hall–Kier alpha value is -1.56. The van der Waals surface area contributed by atoms with E-state index in [0.29, 0.717) is 18.3 Å². The van der Waals surface area contributed by atoms with E-state index in [2.05, 4.69) is 51.7 Å². The highest BCUT2D eigenvalue weighted by Crippen LogP contribution is 2.20. The van der Waals surface area contributed by atoms with Gasteiger partial charge >= 0.3 is 0 Å². The number of aryl methyl sites for hydroxylation is 1. The fraction of sp³-hybridized carbons (Fsp3) is 0.632. The maximum atomic E-state index is 12.1. The second-order valence-corrected chi connectivity index (χ2v) is 9.90. The molecule has 25 heavy (non-hydrogen) atoms. The second kappa shape index (κ2) is 8.70. The molecule has 0 spiro atoms.